The van der Waals surface area contributed by atoms with E-state index in [1.807, 2.05) is 19.1 Å². The Morgan fingerprint density at radius 1 is 1.36 bits per heavy atom. The number of hydrogen-bond acceptors (Lipinski definition) is 4. The predicted molar refractivity (Wildman–Crippen MR) is 83.9 cm³/mol. The molecule has 0 aromatic carbocycles. The van der Waals surface area contributed by atoms with Crippen molar-refractivity contribution in [3.8, 4) is 0 Å². The van der Waals surface area contributed by atoms with E-state index in [2.05, 4.69) is 15.2 Å². The molecule has 2 heterocycles. The van der Waals surface area contributed by atoms with Crippen LogP contribution in [-0.2, 0) is 11.2 Å². The molecule has 22 heavy (non-hydrogen) atoms. The normalized spacial score (nSPS) is 15.8. The summed E-state index contributed by atoms with van der Waals surface area (Å²) in [6, 6.07) is 3.85. The van der Waals surface area contributed by atoms with Gasteiger partial charge in [0.05, 0.1) is 12.9 Å². The summed E-state index contributed by atoms with van der Waals surface area (Å²) in [5, 5.41) is 3.33. The van der Waals surface area contributed by atoms with Crippen LogP contribution >= 0.6 is 0 Å². The van der Waals surface area contributed by atoms with E-state index in [-0.39, 0.29) is 6.09 Å². The highest BCUT2D eigenvalue weighted by Crippen LogP contribution is 2.05. The molecule has 0 radical (unpaired) electrons. The summed E-state index contributed by atoms with van der Waals surface area (Å²) in [7, 11) is 1.77. The molecule has 1 aliphatic heterocycles. The van der Waals surface area contributed by atoms with Crippen molar-refractivity contribution >= 4 is 12.1 Å². The Kier molecular flexibility index (Phi) is 6.12. The van der Waals surface area contributed by atoms with Crippen molar-refractivity contribution in [2.24, 2.45) is 4.99 Å². The van der Waals surface area contributed by atoms with Crippen LogP contribution in [0.1, 0.15) is 12.7 Å². The molecule has 0 saturated carbocycles. The van der Waals surface area contributed by atoms with Gasteiger partial charge < -0.3 is 24.3 Å². The summed E-state index contributed by atoms with van der Waals surface area (Å²) in [5.41, 5.74) is 0. The van der Waals surface area contributed by atoms with Gasteiger partial charge in [-0.05, 0) is 19.1 Å². The van der Waals surface area contributed by atoms with Crippen molar-refractivity contribution in [3.63, 3.8) is 0 Å². The van der Waals surface area contributed by atoms with E-state index < -0.39 is 0 Å². The van der Waals surface area contributed by atoms with Gasteiger partial charge in [-0.25, -0.2) is 4.79 Å². The summed E-state index contributed by atoms with van der Waals surface area (Å²) in [6.45, 7) is 5.79. The molecule has 7 nitrogen and oxygen atoms in total. The molecule has 1 aromatic rings. The van der Waals surface area contributed by atoms with Crippen LogP contribution in [0.4, 0.5) is 4.79 Å². The fourth-order valence-corrected chi connectivity index (χ4v) is 2.40. The number of carbonyl (C=O) groups excluding carboxylic acids is 1. The molecule has 1 aromatic heterocycles. The summed E-state index contributed by atoms with van der Waals surface area (Å²) in [6.07, 6.45) is 2.26. The van der Waals surface area contributed by atoms with Gasteiger partial charge in [0.2, 0.25) is 0 Å². The lowest BCUT2D eigenvalue weighted by Gasteiger charge is -2.35. The van der Waals surface area contributed by atoms with Gasteiger partial charge in [-0.2, -0.15) is 0 Å². The number of guanidine groups is 1. The van der Waals surface area contributed by atoms with E-state index >= 15 is 0 Å². The first-order valence-corrected chi connectivity index (χ1v) is 7.64. The molecule has 122 valence electrons. The summed E-state index contributed by atoms with van der Waals surface area (Å²) in [4.78, 5) is 19.9. The highest BCUT2D eigenvalue weighted by Gasteiger charge is 2.23. The first-order chi connectivity index (χ1) is 10.7. The number of ether oxygens (including phenoxy) is 1. The molecular formula is C15H24N4O3. The molecule has 2 rings (SSSR count). The molecule has 1 aliphatic rings. The first kappa shape index (κ1) is 16.2. The Morgan fingerprint density at radius 2 is 2.09 bits per heavy atom. The zero-order valence-electron chi connectivity index (χ0n) is 13.2. The van der Waals surface area contributed by atoms with Crippen LogP contribution in [0.25, 0.3) is 0 Å². The number of hydrogen-bond donors (Lipinski definition) is 1. The highest BCUT2D eigenvalue weighted by atomic mass is 16.6. The van der Waals surface area contributed by atoms with Gasteiger partial charge in [0.15, 0.2) is 5.96 Å². The van der Waals surface area contributed by atoms with Crippen molar-refractivity contribution < 1.29 is 13.9 Å². The quantitative estimate of drug-likeness (QED) is 0.668. The van der Waals surface area contributed by atoms with Crippen LogP contribution in [-0.4, -0.2) is 68.2 Å². The van der Waals surface area contributed by atoms with Crippen molar-refractivity contribution in [2.75, 3.05) is 46.4 Å². The molecule has 1 saturated heterocycles. The van der Waals surface area contributed by atoms with Crippen molar-refractivity contribution in [2.45, 2.75) is 13.3 Å². The van der Waals surface area contributed by atoms with Crippen molar-refractivity contribution in [1.29, 1.82) is 0 Å². The van der Waals surface area contributed by atoms with Gasteiger partial charge >= 0.3 is 6.09 Å². The van der Waals surface area contributed by atoms with E-state index in [4.69, 9.17) is 9.15 Å². The van der Waals surface area contributed by atoms with Crippen LogP contribution in [0.15, 0.2) is 27.8 Å². The molecule has 0 unspecified atom stereocenters. The molecular weight excluding hydrogens is 284 g/mol. The van der Waals surface area contributed by atoms with E-state index in [0.717, 1.165) is 37.8 Å². The van der Waals surface area contributed by atoms with Crippen LogP contribution in [0, 0.1) is 0 Å². The molecule has 1 fully saturated rings. The monoisotopic (exact) mass is 308 g/mol. The predicted octanol–water partition coefficient (Wildman–Crippen LogP) is 1.17. The maximum atomic E-state index is 11.7. The van der Waals surface area contributed by atoms with Crippen molar-refractivity contribution in [3.05, 3.63) is 24.2 Å². The van der Waals surface area contributed by atoms with Gasteiger partial charge in [-0.3, -0.25) is 4.99 Å². The number of nitrogens with one attached hydrogen (secondary N) is 1. The molecule has 0 atom stereocenters. The molecule has 0 aliphatic carbocycles. The van der Waals surface area contributed by atoms with Gasteiger partial charge in [0.25, 0.3) is 0 Å². The topological polar surface area (TPSA) is 70.3 Å². The molecule has 0 spiro atoms. The molecule has 1 amide bonds. The third-order valence-corrected chi connectivity index (χ3v) is 3.55. The minimum atomic E-state index is -0.233. The van der Waals surface area contributed by atoms with Crippen LogP contribution in [0.5, 0.6) is 0 Å². The molecule has 7 heteroatoms. The standard InChI is InChI=1S/C15H24N4O3/c1-3-21-15(20)19-10-8-18(9-11-19)14(16-2)17-7-6-13-5-4-12-22-13/h4-5,12H,3,6-11H2,1-2H3,(H,16,17). The van der Waals surface area contributed by atoms with E-state index in [0.29, 0.717) is 19.7 Å². The summed E-state index contributed by atoms with van der Waals surface area (Å²) in [5.74, 6) is 1.81. The fraction of sp³-hybridized carbons (Fsp3) is 0.600. The second-order valence-corrected chi connectivity index (χ2v) is 4.98. The number of amides is 1. The van der Waals surface area contributed by atoms with Crippen molar-refractivity contribution in [1.82, 2.24) is 15.1 Å². The second kappa shape index (κ2) is 8.31. The average Bonchev–Trinajstić information content (AvgIpc) is 3.05. The summed E-state index contributed by atoms with van der Waals surface area (Å²) >= 11 is 0. The Morgan fingerprint density at radius 3 is 2.68 bits per heavy atom. The number of piperazine rings is 1. The zero-order valence-corrected chi connectivity index (χ0v) is 13.2. The lowest BCUT2D eigenvalue weighted by atomic mass is 10.3. The van der Waals surface area contributed by atoms with E-state index in [1.54, 1.807) is 18.2 Å². The number of aliphatic imine (C=N–C) groups is 1. The number of rotatable bonds is 4. The molecule has 1 N–H and O–H groups in total. The Hall–Kier alpha value is -2.18. The number of nitrogens with zero attached hydrogens (tertiary/aromatic N) is 3. The smallest absolute Gasteiger partial charge is 0.409 e. The lowest BCUT2D eigenvalue weighted by molar-refractivity contribution is 0.0914. The third kappa shape index (κ3) is 4.41. The first-order valence-electron chi connectivity index (χ1n) is 7.64. The van der Waals surface area contributed by atoms with Gasteiger partial charge in [-0.15, -0.1) is 0 Å². The van der Waals surface area contributed by atoms with Gasteiger partial charge in [0.1, 0.15) is 5.76 Å². The van der Waals surface area contributed by atoms with E-state index in [1.165, 1.54) is 0 Å². The second-order valence-electron chi connectivity index (χ2n) is 4.98. The zero-order chi connectivity index (χ0) is 15.8. The Labute approximate surface area is 130 Å². The highest BCUT2D eigenvalue weighted by molar-refractivity contribution is 5.80. The minimum Gasteiger partial charge on any atom is -0.469 e. The number of furan rings is 1. The lowest BCUT2D eigenvalue weighted by Crippen LogP contribution is -2.54. The largest absolute Gasteiger partial charge is 0.469 e. The van der Waals surface area contributed by atoms with Crippen LogP contribution in [0.3, 0.4) is 0 Å². The average molecular weight is 308 g/mol. The third-order valence-electron chi connectivity index (χ3n) is 3.55. The SMILES string of the molecule is CCOC(=O)N1CCN(C(=NC)NCCc2ccco2)CC1. The van der Waals surface area contributed by atoms with Gasteiger partial charge in [0, 0.05) is 46.2 Å². The number of carbonyl (C=O) groups is 1. The maximum Gasteiger partial charge on any atom is 0.409 e. The van der Waals surface area contributed by atoms with Gasteiger partial charge in [-0.1, -0.05) is 0 Å². The van der Waals surface area contributed by atoms with Crippen LogP contribution in [0.2, 0.25) is 0 Å². The fourth-order valence-electron chi connectivity index (χ4n) is 2.40. The Bertz CT molecular complexity index is 479. The maximum absolute atomic E-state index is 11.7. The van der Waals surface area contributed by atoms with Crippen LogP contribution < -0.4 is 5.32 Å². The summed E-state index contributed by atoms with van der Waals surface area (Å²) < 4.78 is 10.3. The molecule has 0 bridgehead atoms. The van der Waals surface area contributed by atoms with E-state index in [9.17, 15) is 4.79 Å². The minimum absolute atomic E-state index is 0.233. The Balaban J connectivity index is 1.74.